The summed E-state index contributed by atoms with van der Waals surface area (Å²) < 4.78 is 40.0. The quantitative estimate of drug-likeness (QED) is 0.711. The zero-order valence-corrected chi connectivity index (χ0v) is 17.9. The highest BCUT2D eigenvalue weighted by molar-refractivity contribution is 7.88. The molecule has 0 bridgehead atoms. The van der Waals surface area contributed by atoms with E-state index in [2.05, 4.69) is 5.32 Å². The maximum Gasteiger partial charge on any atom is 0.223 e. The fourth-order valence-corrected chi connectivity index (χ4v) is 5.45. The molecule has 29 heavy (non-hydrogen) atoms. The first-order chi connectivity index (χ1) is 13.7. The molecule has 1 heterocycles. The number of sulfonamides is 1. The molecule has 0 radical (unpaired) electrons. The summed E-state index contributed by atoms with van der Waals surface area (Å²) in [5.41, 5.74) is 1.17. The molecule has 0 unspecified atom stereocenters. The van der Waals surface area contributed by atoms with Gasteiger partial charge in [-0.25, -0.2) is 17.1 Å². The molecule has 1 amide bonds. The number of rotatable bonds is 6. The monoisotopic (exact) mass is 458 g/mol. The van der Waals surface area contributed by atoms with Crippen LogP contribution in [-0.4, -0.2) is 31.7 Å². The number of hydrogen-bond donors (Lipinski definition) is 1. The molecule has 0 aliphatic carbocycles. The molecule has 2 aromatic carbocycles. The van der Waals surface area contributed by atoms with Crippen molar-refractivity contribution >= 4 is 39.1 Å². The lowest BCUT2D eigenvalue weighted by atomic mass is 9.97. The molecular formula is C20H21Cl2FN2O3S. The first-order valence-electron chi connectivity index (χ1n) is 9.18. The first kappa shape index (κ1) is 22.0. The molecule has 0 atom stereocenters. The van der Waals surface area contributed by atoms with Crippen molar-refractivity contribution in [2.24, 2.45) is 5.92 Å². The Bertz CT molecular complexity index is 993. The Morgan fingerprint density at radius 1 is 1.14 bits per heavy atom. The summed E-state index contributed by atoms with van der Waals surface area (Å²) in [6.07, 6.45) is 0.866. The SMILES string of the molecule is O=C(NCc1cccc(F)c1)C1CCN(S(=O)(=O)Cc2ccc(Cl)cc2Cl)CC1. The Balaban J connectivity index is 1.53. The van der Waals surface area contributed by atoms with Crippen LogP contribution in [0.15, 0.2) is 42.5 Å². The second kappa shape index (κ2) is 9.43. The maximum absolute atomic E-state index is 13.2. The fourth-order valence-electron chi connectivity index (χ4n) is 3.30. The second-order valence-corrected chi connectivity index (χ2v) is 9.83. The van der Waals surface area contributed by atoms with E-state index in [1.54, 1.807) is 24.3 Å². The lowest BCUT2D eigenvalue weighted by Gasteiger charge is -2.30. The average Bonchev–Trinajstić information content (AvgIpc) is 2.68. The number of piperidine rings is 1. The van der Waals surface area contributed by atoms with Gasteiger partial charge in [-0.15, -0.1) is 0 Å². The van der Waals surface area contributed by atoms with Gasteiger partial charge in [0, 0.05) is 35.6 Å². The summed E-state index contributed by atoms with van der Waals surface area (Å²) >= 11 is 11.9. The Hall–Kier alpha value is -1.67. The summed E-state index contributed by atoms with van der Waals surface area (Å²) in [6.45, 7) is 0.779. The van der Waals surface area contributed by atoms with Crippen LogP contribution in [0.5, 0.6) is 0 Å². The highest BCUT2D eigenvalue weighted by atomic mass is 35.5. The van der Waals surface area contributed by atoms with Gasteiger partial charge in [-0.05, 0) is 48.2 Å². The van der Waals surface area contributed by atoms with Crippen molar-refractivity contribution in [1.82, 2.24) is 9.62 Å². The van der Waals surface area contributed by atoms with Crippen LogP contribution >= 0.6 is 23.2 Å². The van der Waals surface area contributed by atoms with E-state index < -0.39 is 10.0 Å². The summed E-state index contributed by atoms with van der Waals surface area (Å²) in [5.74, 6) is -0.975. The third-order valence-electron chi connectivity index (χ3n) is 4.93. The van der Waals surface area contributed by atoms with Crippen molar-refractivity contribution < 1.29 is 17.6 Å². The summed E-state index contributed by atoms with van der Waals surface area (Å²) in [5, 5.41) is 3.56. The van der Waals surface area contributed by atoms with E-state index in [0.29, 0.717) is 34.0 Å². The van der Waals surface area contributed by atoms with Gasteiger partial charge in [0.25, 0.3) is 0 Å². The summed E-state index contributed by atoms with van der Waals surface area (Å²) in [4.78, 5) is 12.4. The molecule has 1 saturated heterocycles. The van der Waals surface area contributed by atoms with Crippen LogP contribution in [-0.2, 0) is 27.1 Å². The number of amides is 1. The smallest absolute Gasteiger partial charge is 0.223 e. The normalized spacial score (nSPS) is 16.0. The minimum atomic E-state index is -3.55. The third kappa shape index (κ3) is 5.92. The molecule has 9 heteroatoms. The predicted octanol–water partition coefficient (Wildman–Crippen LogP) is 3.99. The van der Waals surface area contributed by atoms with Gasteiger partial charge in [-0.1, -0.05) is 41.4 Å². The van der Waals surface area contributed by atoms with E-state index in [4.69, 9.17) is 23.2 Å². The molecule has 1 aliphatic heterocycles. The van der Waals surface area contributed by atoms with Crippen molar-refractivity contribution in [3.8, 4) is 0 Å². The van der Waals surface area contributed by atoms with Gasteiger partial charge >= 0.3 is 0 Å². The van der Waals surface area contributed by atoms with Crippen LogP contribution in [0.1, 0.15) is 24.0 Å². The van der Waals surface area contributed by atoms with E-state index in [0.717, 1.165) is 0 Å². The summed E-state index contributed by atoms with van der Waals surface area (Å²) in [7, 11) is -3.55. The lowest BCUT2D eigenvalue weighted by molar-refractivity contribution is -0.126. The van der Waals surface area contributed by atoms with E-state index >= 15 is 0 Å². The van der Waals surface area contributed by atoms with Gasteiger partial charge in [0.2, 0.25) is 15.9 Å². The zero-order chi connectivity index (χ0) is 21.0. The number of nitrogens with one attached hydrogen (secondary N) is 1. The van der Waals surface area contributed by atoms with Crippen LogP contribution < -0.4 is 5.32 Å². The molecule has 1 aliphatic rings. The van der Waals surface area contributed by atoms with Crippen molar-refractivity contribution in [1.29, 1.82) is 0 Å². The van der Waals surface area contributed by atoms with E-state index in [9.17, 15) is 17.6 Å². The van der Waals surface area contributed by atoms with Crippen LogP contribution in [0.2, 0.25) is 10.0 Å². The van der Waals surface area contributed by atoms with Crippen LogP contribution in [0.4, 0.5) is 4.39 Å². The maximum atomic E-state index is 13.2. The molecule has 5 nitrogen and oxygen atoms in total. The van der Waals surface area contributed by atoms with Crippen molar-refractivity contribution in [2.75, 3.05) is 13.1 Å². The van der Waals surface area contributed by atoms with Crippen molar-refractivity contribution in [2.45, 2.75) is 25.1 Å². The Kier molecular flexibility index (Phi) is 7.16. The number of carbonyl (C=O) groups excluding carboxylic acids is 1. The van der Waals surface area contributed by atoms with Crippen LogP contribution in [0.25, 0.3) is 0 Å². The van der Waals surface area contributed by atoms with Crippen LogP contribution in [0, 0.1) is 11.7 Å². The zero-order valence-electron chi connectivity index (χ0n) is 15.6. The fraction of sp³-hybridized carbons (Fsp3) is 0.350. The number of benzene rings is 2. The van der Waals surface area contributed by atoms with Crippen molar-refractivity contribution in [3.05, 3.63) is 69.5 Å². The molecule has 1 N–H and O–H groups in total. The number of halogens is 3. The standard InChI is InChI=1S/C20H21Cl2FN2O3S/c21-17-5-4-16(19(22)11-17)13-29(27,28)25-8-6-15(7-9-25)20(26)24-12-14-2-1-3-18(23)10-14/h1-5,10-11,15H,6-9,12-13H2,(H,24,26). The molecule has 0 spiro atoms. The Morgan fingerprint density at radius 2 is 1.86 bits per heavy atom. The van der Waals surface area contributed by atoms with E-state index in [1.807, 2.05) is 0 Å². The largest absolute Gasteiger partial charge is 0.352 e. The first-order valence-corrected chi connectivity index (χ1v) is 11.5. The van der Waals surface area contributed by atoms with Gasteiger partial charge in [0.05, 0.1) is 5.75 Å². The second-order valence-electron chi connectivity index (χ2n) is 7.01. The predicted molar refractivity (Wildman–Crippen MR) is 112 cm³/mol. The van der Waals surface area contributed by atoms with Crippen LogP contribution in [0.3, 0.4) is 0 Å². The van der Waals surface area contributed by atoms with Gasteiger partial charge in [-0.3, -0.25) is 4.79 Å². The Labute approximate surface area is 179 Å². The number of hydrogen-bond acceptors (Lipinski definition) is 3. The molecule has 156 valence electrons. The lowest BCUT2D eigenvalue weighted by Crippen LogP contribution is -2.43. The van der Waals surface area contributed by atoms with Gasteiger partial charge < -0.3 is 5.32 Å². The molecule has 1 fully saturated rings. The molecule has 0 saturated carbocycles. The molecular weight excluding hydrogens is 438 g/mol. The van der Waals surface area contributed by atoms with E-state index in [1.165, 1.54) is 22.5 Å². The number of carbonyl (C=O) groups is 1. The highest BCUT2D eigenvalue weighted by Crippen LogP contribution is 2.26. The minimum absolute atomic E-state index is 0.146. The average molecular weight is 459 g/mol. The van der Waals surface area contributed by atoms with Gasteiger partial charge in [0.15, 0.2) is 0 Å². The topological polar surface area (TPSA) is 66.5 Å². The van der Waals surface area contributed by atoms with Gasteiger partial charge in [0.1, 0.15) is 5.82 Å². The third-order valence-corrected chi connectivity index (χ3v) is 7.34. The molecule has 3 rings (SSSR count). The van der Waals surface area contributed by atoms with Gasteiger partial charge in [-0.2, -0.15) is 0 Å². The molecule has 0 aromatic heterocycles. The van der Waals surface area contributed by atoms with E-state index in [-0.39, 0.29) is 43.0 Å². The van der Waals surface area contributed by atoms with Crippen molar-refractivity contribution in [3.63, 3.8) is 0 Å². The number of nitrogens with zero attached hydrogens (tertiary/aromatic N) is 1. The minimum Gasteiger partial charge on any atom is -0.352 e. The Morgan fingerprint density at radius 3 is 2.52 bits per heavy atom. The highest BCUT2D eigenvalue weighted by Gasteiger charge is 2.31. The summed E-state index contributed by atoms with van der Waals surface area (Å²) in [6, 6.07) is 10.8. The molecule has 2 aromatic rings.